The smallest absolute Gasteiger partial charge is 0.254 e. The Bertz CT molecular complexity index is 21.6. The molecule has 0 spiro atoms. The highest BCUT2D eigenvalue weighted by Crippen LogP contribution is 1.72. The van der Waals surface area contributed by atoms with Crippen LogP contribution in [0, 0.1) is 0 Å². The second-order valence-corrected chi connectivity index (χ2v) is 3.00. The van der Waals surface area contributed by atoms with Crippen molar-refractivity contribution in [3.8, 4) is 0 Å². The molecule has 0 bridgehead atoms. The second-order valence-electron chi connectivity index (χ2n) is 1.000. The summed E-state index contributed by atoms with van der Waals surface area (Å²) in [6.07, 6.45) is 0. The van der Waals surface area contributed by atoms with Crippen LogP contribution in [0.3, 0.4) is 0 Å². The zero-order valence-corrected chi connectivity index (χ0v) is 4.36. The third-order valence-corrected chi connectivity index (χ3v) is 0.548. The van der Waals surface area contributed by atoms with Gasteiger partial charge in [0.15, 0.2) is 0 Å². The fourth-order valence-corrected chi connectivity index (χ4v) is 0. The molecule has 0 aliphatic rings. The van der Waals surface area contributed by atoms with Gasteiger partial charge in [-0.15, -0.1) is 0 Å². The van der Waals surface area contributed by atoms with Crippen LogP contribution < -0.4 is 0 Å². The minimum Gasteiger partial charge on any atom is -0.290 e. The molecule has 0 aromatic carbocycles. The van der Waals surface area contributed by atoms with Crippen LogP contribution in [0.1, 0.15) is 0 Å². The van der Waals surface area contributed by atoms with Gasteiger partial charge in [0.2, 0.25) is 0 Å². The van der Waals surface area contributed by atoms with Gasteiger partial charge < -0.3 is 0 Å². The van der Waals surface area contributed by atoms with Crippen molar-refractivity contribution in [3.63, 3.8) is 0 Å². The number of hydrogen-bond donors (Lipinski definition) is 1. The molecular formula is C2H7O2Si. The van der Waals surface area contributed by atoms with E-state index in [1.807, 2.05) is 13.1 Å². The van der Waals surface area contributed by atoms with Gasteiger partial charge in [0.25, 0.3) is 9.04 Å². The maximum atomic E-state index is 7.69. The summed E-state index contributed by atoms with van der Waals surface area (Å²) >= 11 is 0. The zero-order valence-electron chi connectivity index (χ0n) is 3.36. The quantitative estimate of drug-likeness (QED) is 0.293. The Hall–Kier alpha value is 0.137. The van der Waals surface area contributed by atoms with Crippen molar-refractivity contribution in [1.82, 2.24) is 0 Å². The molecule has 5 heavy (non-hydrogen) atoms. The largest absolute Gasteiger partial charge is 0.290 e. The lowest BCUT2D eigenvalue weighted by Crippen LogP contribution is -2.01. The molecular weight excluding hydrogens is 84.1 g/mol. The molecule has 1 N–H and O–H groups in total. The van der Waals surface area contributed by atoms with Gasteiger partial charge in [-0.05, 0) is 13.1 Å². The van der Waals surface area contributed by atoms with Gasteiger partial charge in [-0.3, -0.25) is 9.83 Å². The van der Waals surface area contributed by atoms with Crippen molar-refractivity contribution >= 4 is 9.04 Å². The van der Waals surface area contributed by atoms with Gasteiger partial charge in [-0.1, -0.05) is 0 Å². The van der Waals surface area contributed by atoms with Crippen molar-refractivity contribution in [2.45, 2.75) is 13.1 Å². The van der Waals surface area contributed by atoms with Gasteiger partial charge in [-0.2, -0.15) is 0 Å². The molecule has 0 unspecified atom stereocenters. The van der Waals surface area contributed by atoms with Gasteiger partial charge >= 0.3 is 0 Å². The third kappa shape index (κ3) is 4.14. The fourth-order valence-electron chi connectivity index (χ4n) is 0. The lowest BCUT2D eigenvalue weighted by atomic mass is 11.9. The molecule has 0 aliphatic heterocycles. The lowest BCUT2D eigenvalue weighted by molar-refractivity contribution is -0.142. The Morgan fingerprint density at radius 1 is 1.60 bits per heavy atom. The van der Waals surface area contributed by atoms with Crippen LogP contribution in [-0.2, 0) is 4.58 Å². The van der Waals surface area contributed by atoms with Crippen LogP contribution in [-0.4, -0.2) is 14.3 Å². The molecule has 0 heterocycles. The predicted octanol–water partition coefficient (Wildman–Crippen LogP) is 0.727. The minimum atomic E-state index is -0.818. The standard InChI is InChI=1S/C2H7O2Si/c1-5(2)4-3/h3H,1-2H3. The first kappa shape index (κ1) is 5.14. The summed E-state index contributed by atoms with van der Waals surface area (Å²) in [6, 6.07) is 0. The van der Waals surface area contributed by atoms with E-state index < -0.39 is 9.04 Å². The van der Waals surface area contributed by atoms with Crippen molar-refractivity contribution in [2.24, 2.45) is 0 Å². The minimum absolute atomic E-state index is 0.818. The predicted molar refractivity (Wildman–Crippen MR) is 21.2 cm³/mol. The van der Waals surface area contributed by atoms with Gasteiger partial charge in [0, 0.05) is 0 Å². The van der Waals surface area contributed by atoms with E-state index in [2.05, 4.69) is 4.58 Å². The summed E-state index contributed by atoms with van der Waals surface area (Å²) in [5.41, 5.74) is 0. The highest BCUT2D eigenvalue weighted by atomic mass is 28.3. The summed E-state index contributed by atoms with van der Waals surface area (Å²) < 4.78 is 3.85. The summed E-state index contributed by atoms with van der Waals surface area (Å²) in [6.45, 7) is 3.70. The number of hydrogen-bond acceptors (Lipinski definition) is 2. The topological polar surface area (TPSA) is 29.5 Å². The first-order valence-corrected chi connectivity index (χ1v) is 3.79. The Balaban J connectivity index is 2.54. The Morgan fingerprint density at radius 3 is 1.80 bits per heavy atom. The molecule has 0 fully saturated rings. The molecule has 0 aromatic heterocycles. The van der Waals surface area contributed by atoms with E-state index >= 15 is 0 Å². The normalized spacial score (nSPS) is 9.60. The van der Waals surface area contributed by atoms with Gasteiger partial charge in [0.05, 0.1) is 0 Å². The molecule has 3 heteroatoms. The van der Waals surface area contributed by atoms with Gasteiger partial charge in [-0.25, -0.2) is 0 Å². The Labute approximate surface area is 33.0 Å². The molecule has 1 radical (unpaired) electrons. The fraction of sp³-hybridized carbons (Fsp3) is 1.00. The van der Waals surface area contributed by atoms with Crippen LogP contribution in [0.25, 0.3) is 0 Å². The van der Waals surface area contributed by atoms with E-state index in [-0.39, 0.29) is 0 Å². The highest BCUT2D eigenvalue weighted by Gasteiger charge is 1.88. The molecule has 31 valence electrons. The molecule has 2 nitrogen and oxygen atoms in total. The average molecular weight is 91.2 g/mol. The van der Waals surface area contributed by atoms with E-state index in [0.29, 0.717) is 0 Å². The van der Waals surface area contributed by atoms with E-state index in [0.717, 1.165) is 0 Å². The van der Waals surface area contributed by atoms with Gasteiger partial charge in [0.1, 0.15) is 0 Å². The summed E-state index contributed by atoms with van der Waals surface area (Å²) in [5.74, 6) is 0. The van der Waals surface area contributed by atoms with E-state index in [4.69, 9.17) is 5.26 Å². The summed E-state index contributed by atoms with van der Waals surface area (Å²) in [4.78, 5) is 0. The zero-order chi connectivity index (χ0) is 4.28. The molecule has 0 saturated carbocycles. The summed E-state index contributed by atoms with van der Waals surface area (Å²) in [5, 5.41) is 7.69. The molecule has 0 amide bonds. The number of rotatable bonds is 1. The Kier molecular flexibility index (Phi) is 2.44. The molecule has 0 aromatic rings. The SMILES string of the molecule is C[Si](C)OO. The lowest BCUT2D eigenvalue weighted by Gasteiger charge is -1.87. The van der Waals surface area contributed by atoms with E-state index in [1.54, 1.807) is 0 Å². The van der Waals surface area contributed by atoms with Crippen LogP contribution >= 0.6 is 0 Å². The highest BCUT2D eigenvalue weighted by molar-refractivity contribution is 6.48. The summed E-state index contributed by atoms with van der Waals surface area (Å²) in [7, 11) is -0.818. The maximum absolute atomic E-state index is 7.69. The van der Waals surface area contributed by atoms with E-state index in [1.165, 1.54) is 0 Å². The van der Waals surface area contributed by atoms with Crippen LogP contribution in [0.2, 0.25) is 13.1 Å². The van der Waals surface area contributed by atoms with Crippen molar-refractivity contribution in [3.05, 3.63) is 0 Å². The monoisotopic (exact) mass is 91.0 g/mol. The third-order valence-electron chi connectivity index (χ3n) is 0.183. The van der Waals surface area contributed by atoms with Crippen LogP contribution in [0.15, 0.2) is 0 Å². The first-order chi connectivity index (χ1) is 2.27. The second kappa shape index (κ2) is 2.38. The molecule has 0 rings (SSSR count). The van der Waals surface area contributed by atoms with Crippen molar-refractivity contribution < 1.29 is 9.83 Å². The Morgan fingerprint density at radius 2 is 1.80 bits per heavy atom. The maximum Gasteiger partial charge on any atom is 0.254 e. The molecule has 0 aliphatic carbocycles. The van der Waals surface area contributed by atoms with Crippen molar-refractivity contribution in [2.75, 3.05) is 0 Å². The van der Waals surface area contributed by atoms with Crippen LogP contribution in [0.4, 0.5) is 0 Å². The average Bonchev–Trinajstić information content (AvgIpc) is 1.38. The van der Waals surface area contributed by atoms with E-state index in [9.17, 15) is 0 Å². The van der Waals surface area contributed by atoms with Crippen LogP contribution in [0.5, 0.6) is 0 Å². The van der Waals surface area contributed by atoms with Crippen molar-refractivity contribution in [1.29, 1.82) is 0 Å². The molecule has 0 atom stereocenters. The molecule has 0 saturated heterocycles. The first-order valence-electron chi connectivity index (χ1n) is 1.39.